The zero-order valence-corrected chi connectivity index (χ0v) is 10.5. The first-order valence-electron chi connectivity index (χ1n) is 6.65. The minimum absolute atomic E-state index is 0. The molecule has 2 aliphatic heterocycles. The molecule has 4 aliphatic rings. The standard InChI is InChI=1S/C14H17NO.ClH/c15-14-7-9-5-11(16-14)6-10(8-14)13-4-2-1-3-12(9)13;/h1-4,9-11H,5-8,15H2;1H/i11D;. The van der Waals surface area contributed by atoms with Gasteiger partial charge in [-0.15, -0.1) is 12.4 Å². The van der Waals surface area contributed by atoms with E-state index in [1.807, 2.05) is 0 Å². The smallest absolute Gasteiger partial charge is 0.118 e. The van der Waals surface area contributed by atoms with Gasteiger partial charge in [-0.05, 0) is 48.6 Å². The average molecular weight is 253 g/mol. The lowest BCUT2D eigenvalue weighted by molar-refractivity contribution is -0.163. The zero-order valence-electron chi connectivity index (χ0n) is 10.7. The summed E-state index contributed by atoms with van der Waals surface area (Å²) in [7, 11) is 0. The van der Waals surface area contributed by atoms with Gasteiger partial charge in [0.2, 0.25) is 0 Å². The maximum Gasteiger partial charge on any atom is 0.118 e. The summed E-state index contributed by atoms with van der Waals surface area (Å²) in [4.78, 5) is 0. The van der Waals surface area contributed by atoms with E-state index in [4.69, 9.17) is 11.8 Å². The maximum absolute atomic E-state index is 8.45. The van der Waals surface area contributed by atoms with Crippen LogP contribution in [0.1, 0.15) is 50.0 Å². The van der Waals surface area contributed by atoms with Gasteiger partial charge >= 0.3 is 0 Å². The molecule has 0 spiro atoms. The van der Waals surface area contributed by atoms with Gasteiger partial charge in [0.1, 0.15) is 5.72 Å². The van der Waals surface area contributed by atoms with Crippen LogP contribution in [-0.4, -0.2) is 11.8 Å². The Kier molecular flexibility index (Phi) is 2.26. The van der Waals surface area contributed by atoms with Crippen molar-refractivity contribution in [1.29, 1.82) is 0 Å². The monoisotopic (exact) mass is 252 g/mol. The van der Waals surface area contributed by atoms with Crippen LogP contribution in [0, 0.1) is 0 Å². The van der Waals surface area contributed by atoms with E-state index in [2.05, 4.69) is 24.3 Å². The van der Waals surface area contributed by atoms with Crippen molar-refractivity contribution >= 4 is 12.4 Å². The summed E-state index contributed by atoms with van der Waals surface area (Å²) in [5, 5.41) is 0. The minimum atomic E-state index is -0.750. The van der Waals surface area contributed by atoms with Gasteiger partial charge in [-0.1, -0.05) is 24.3 Å². The molecule has 2 nitrogen and oxygen atoms in total. The summed E-state index contributed by atoms with van der Waals surface area (Å²) in [6.45, 7) is 0. The van der Waals surface area contributed by atoms with E-state index in [-0.39, 0.29) is 12.4 Å². The SMILES string of the molecule is Cl.[2H]C12CC3CC(N)(CC(C1)c1ccccc13)O2. The van der Waals surface area contributed by atoms with Gasteiger partial charge in [0.15, 0.2) is 0 Å². The third-order valence-electron chi connectivity index (χ3n) is 4.36. The summed E-state index contributed by atoms with van der Waals surface area (Å²) in [5.74, 6) is 0.824. The van der Waals surface area contributed by atoms with E-state index in [0.29, 0.717) is 11.8 Å². The van der Waals surface area contributed by atoms with Gasteiger partial charge in [0, 0.05) is 0 Å². The molecular formula is C14H18ClNO. The highest BCUT2D eigenvalue weighted by atomic mass is 35.5. The lowest BCUT2D eigenvalue weighted by Gasteiger charge is -2.46. The van der Waals surface area contributed by atoms with Gasteiger partial charge in [0.05, 0.1) is 7.45 Å². The number of rotatable bonds is 0. The second kappa shape index (κ2) is 3.71. The lowest BCUT2D eigenvalue weighted by Crippen LogP contribution is -2.53. The summed E-state index contributed by atoms with van der Waals surface area (Å²) in [5.41, 5.74) is 8.62. The Bertz CT molecular complexity index is 437. The molecule has 1 aromatic carbocycles. The summed E-state index contributed by atoms with van der Waals surface area (Å²) >= 11 is 0. The summed E-state index contributed by atoms with van der Waals surface area (Å²) in [6, 6.07) is 8.64. The Morgan fingerprint density at radius 3 is 2.18 bits per heavy atom. The predicted molar refractivity (Wildman–Crippen MR) is 69.4 cm³/mol. The van der Waals surface area contributed by atoms with Gasteiger partial charge in [-0.2, -0.15) is 0 Å². The molecule has 2 N–H and O–H groups in total. The van der Waals surface area contributed by atoms with Crippen molar-refractivity contribution in [1.82, 2.24) is 0 Å². The van der Waals surface area contributed by atoms with Crippen molar-refractivity contribution in [3.05, 3.63) is 35.4 Å². The largest absolute Gasteiger partial charge is 0.358 e. The molecule has 4 bridgehead atoms. The molecule has 5 rings (SSSR count). The fraction of sp³-hybridized carbons (Fsp3) is 0.571. The van der Waals surface area contributed by atoms with Gasteiger partial charge in [-0.25, -0.2) is 0 Å². The molecule has 0 aromatic heterocycles. The van der Waals surface area contributed by atoms with E-state index in [9.17, 15) is 0 Å². The molecule has 0 saturated carbocycles. The number of ether oxygens (including phenoxy) is 1. The third kappa shape index (κ3) is 1.62. The molecule has 17 heavy (non-hydrogen) atoms. The Hall–Kier alpha value is -0.570. The van der Waals surface area contributed by atoms with Crippen LogP contribution in [0.15, 0.2) is 24.3 Å². The maximum atomic E-state index is 8.45. The first-order chi connectivity index (χ1) is 8.07. The van der Waals surface area contributed by atoms with Crippen LogP contribution in [0.25, 0.3) is 0 Å². The van der Waals surface area contributed by atoms with E-state index in [1.54, 1.807) is 0 Å². The van der Waals surface area contributed by atoms with Crippen molar-refractivity contribution in [3.8, 4) is 0 Å². The molecule has 0 radical (unpaired) electrons. The number of benzene rings is 1. The van der Waals surface area contributed by atoms with E-state index < -0.39 is 11.8 Å². The van der Waals surface area contributed by atoms with Crippen LogP contribution in [0.4, 0.5) is 0 Å². The van der Waals surface area contributed by atoms with Gasteiger partial charge in [-0.3, -0.25) is 0 Å². The molecule has 2 atom stereocenters. The van der Waals surface area contributed by atoms with Crippen molar-refractivity contribution in [2.24, 2.45) is 5.73 Å². The Balaban J connectivity index is 0.000001000. The number of nitrogens with two attached hydrogens (primary N) is 1. The van der Waals surface area contributed by atoms with Crippen LogP contribution in [-0.2, 0) is 4.74 Å². The molecule has 2 fully saturated rings. The van der Waals surface area contributed by atoms with Crippen LogP contribution in [0.3, 0.4) is 0 Å². The van der Waals surface area contributed by atoms with Crippen molar-refractivity contribution in [3.63, 3.8) is 0 Å². The lowest BCUT2D eigenvalue weighted by atomic mass is 9.80. The molecule has 2 aliphatic carbocycles. The van der Waals surface area contributed by atoms with Crippen molar-refractivity contribution < 1.29 is 6.11 Å². The normalized spacial score (nSPS) is 46.8. The van der Waals surface area contributed by atoms with Crippen LogP contribution < -0.4 is 5.73 Å². The van der Waals surface area contributed by atoms with Gasteiger partial charge < -0.3 is 10.5 Å². The number of hydrogen-bond acceptors (Lipinski definition) is 2. The molecule has 92 valence electrons. The molecule has 2 unspecified atom stereocenters. The van der Waals surface area contributed by atoms with E-state index in [1.165, 1.54) is 11.1 Å². The minimum Gasteiger partial charge on any atom is -0.358 e. The molecule has 2 saturated heterocycles. The number of halogens is 1. The summed E-state index contributed by atoms with van der Waals surface area (Å²) in [6.07, 6.45) is 2.61. The van der Waals surface area contributed by atoms with Gasteiger partial charge in [0.25, 0.3) is 0 Å². The second-order valence-electron chi connectivity index (χ2n) is 5.54. The Morgan fingerprint density at radius 1 is 1.18 bits per heavy atom. The molecule has 2 heterocycles. The quantitative estimate of drug-likeness (QED) is 0.771. The second-order valence-corrected chi connectivity index (χ2v) is 5.54. The Labute approximate surface area is 109 Å². The van der Waals surface area contributed by atoms with Crippen LogP contribution in [0.2, 0.25) is 0 Å². The van der Waals surface area contributed by atoms with Crippen molar-refractivity contribution in [2.45, 2.75) is 49.3 Å². The van der Waals surface area contributed by atoms with E-state index in [0.717, 1.165) is 25.7 Å². The first kappa shape index (κ1) is 10.4. The van der Waals surface area contributed by atoms with Crippen LogP contribution >= 0.6 is 12.4 Å². The molecule has 3 heteroatoms. The van der Waals surface area contributed by atoms with Crippen LogP contribution in [0.5, 0.6) is 0 Å². The Morgan fingerprint density at radius 2 is 1.71 bits per heavy atom. The fourth-order valence-electron chi connectivity index (χ4n) is 3.84. The first-order valence-corrected chi connectivity index (χ1v) is 6.15. The highest BCUT2D eigenvalue weighted by molar-refractivity contribution is 5.85. The zero-order chi connectivity index (χ0) is 11.7. The molecule has 1 aromatic rings. The molecular weight excluding hydrogens is 234 g/mol. The number of hydrogen-bond donors (Lipinski definition) is 1. The summed E-state index contributed by atoms with van der Waals surface area (Å²) < 4.78 is 14.3. The third-order valence-corrected chi connectivity index (χ3v) is 4.36. The predicted octanol–water partition coefficient (Wildman–Crippen LogP) is 2.92. The highest BCUT2D eigenvalue weighted by Gasteiger charge is 2.49. The van der Waals surface area contributed by atoms with E-state index >= 15 is 0 Å². The topological polar surface area (TPSA) is 35.2 Å². The van der Waals surface area contributed by atoms with Crippen molar-refractivity contribution in [2.75, 3.05) is 0 Å². The fourth-order valence-corrected chi connectivity index (χ4v) is 3.84. The average Bonchev–Trinajstić information content (AvgIpc) is 2.38. The molecule has 0 amide bonds. The highest BCUT2D eigenvalue weighted by Crippen LogP contribution is 2.53.